The molecule has 2 aromatic heterocycles. The topological polar surface area (TPSA) is 115 Å². The molecule has 0 aliphatic carbocycles. The number of nitrogen functional groups attached to an aromatic ring is 1. The van der Waals surface area contributed by atoms with Crippen LogP contribution in [0.4, 0.5) is 18.9 Å². The van der Waals surface area contributed by atoms with E-state index in [1.807, 2.05) is 0 Å². The third-order valence-corrected chi connectivity index (χ3v) is 5.55. The number of halogens is 3. The molecule has 0 spiro atoms. The van der Waals surface area contributed by atoms with Crippen LogP contribution < -0.4 is 11.0 Å². The molecule has 156 valence electrons. The molecule has 2 heterocycles. The van der Waals surface area contributed by atoms with Gasteiger partial charge in [-0.3, -0.25) is 4.57 Å². The quantitative estimate of drug-likeness (QED) is 0.331. The smallest absolute Gasteiger partial charge is 0.416 e. The predicted molar refractivity (Wildman–Crippen MR) is 104 cm³/mol. The summed E-state index contributed by atoms with van der Waals surface area (Å²) in [6.45, 7) is -0.0551. The molecule has 0 unspecified atom stereocenters. The number of alkyl halides is 3. The molecule has 0 radical (unpaired) electrons. The third kappa shape index (κ3) is 3.60. The molecule has 0 amide bonds. The lowest BCUT2D eigenvalue weighted by Gasteiger charge is -2.12. The normalized spacial score (nSPS) is 12.6. The summed E-state index contributed by atoms with van der Waals surface area (Å²) in [5.41, 5.74) is 6.62. The Bertz CT molecular complexity index is 1290. The summed E-state index contributed by atoms with van der Waals surface area (Å²) in [7, 11) is -4.69. The standard InChI is InChI=1S/C19H15F3N3O4P/c20-19(21,22)12-4-1-3-11(9-12)10-25-14-6-2-5-13(23)16(14)24-18(25)17-15(7-8-29-17)30(26,27)28/h1-9H,10,23H2,(H2,26,27,28). The van der Waals surface area contributed by atoms with Gasteiger partial charge in [-0.15, -0.1) is 0 Å². The van der Waals surface area contributed by atoms with Gasteiger partial charge in [0.05, 0.1) is 23.0 Å². The third-order valence-electron chi connectivity index (χ3n) is 4.57. The largest absolute Gasteiger partial charge is 0.460 e. The van der Waals surface area contributed by atoms with Gasteiger partial charge in [0.15, 0.2) is 11.6 Å². The number of para-hydroxylation sites is 1. The second-order valence-corrected chi connectivity index (χ2v) is 8.18. The van der Waals surface area contributed by atoms with Crippen molar-refractivity contribution in [3.05, 3.63) is 65.9 Å². The summed E-state index contributed by atoms with van der Waals surface area (Å²) in [6.07, 6.45) is -3.39. The second kappa shape index (κ2) is 7.02. The van der Waals surface area contributed by atoms with Gasteiger partial charge in [0.2, 0.25) is 0 Å². The van der Waals surface area contributed by atoms with Crippen LogP contribution in [0, 0.1) is 0 Å². The van der Waals surface area contributed by atoms with E-state index in [2.05, 4.69) is 4.98 Å². The van der Waals surface area contributed by atoms with E-state index >= 15 is 0 Å². The van der Waals surface area contributed by atoms with E-state index in [9.17, 15) is 27.5 Å². The molecule has 0 aliphatic heterocycles. The van der Waals surface area contributed by atoms with Crippen LogP contribution in [0.2, 0.25) is 0 Å². The summed E-state index contributed by atoms with van der Waals surface area (Å²) >= 11 is 0. The molecule has 11 heteroatoms. The van der Waals surface area contributed by atoms with Crippen molar-refractivity contribution in [2.75, 3.05) is 5.73 Å². The number of aromatic nitrogens is 2. The highest BCUT2D eigenvalue weighted by molar-refractivity contribution is 7.60. The van der Waals surface area contributed by atoms with Crippen molar-refractivity contribution in [3.63, 3.8) is 0 Å². The Labute approximate surface area is 167 Å². The van der Waals surface area contributed by atoms with Crippen LogP contribution in [0.1, 0.15) is 11.1 Å². The molecule has 4 aromatic rings. The molecule has 0 saturated heterocycles. The molecule has 0 bridgehead atoms. The number of nitrogens with zero attached hydrogens (tertiary/aromatic N) is 2. The van der Waals surface area contributed by atoms with Crippen LogP contribution in [-0.4, -0.2) is 19.3 Å². The summed E-state index contributed by atoms with van der Waals surface area (Å²) in [6, 6.07) is 10.8. The fourth-order valence-electron chi connectivity index (χ4n) is 3.23. The second-order valence-electron chi connectivity index (χ2n) is 6.61. The number of rotatable bonds is 4. The predicted octanol–water partition coefficient (Wildman–Crippen LogP) is 3.75. The molecule has 2 aromatic carbocycles. The van der Waals surface area contributed by atoms with Gasteiger partial charge in [-0.2, -0.15) is 13.2 Å². The summed E-state index contributed by atoms with van der Waals surface area (Å²) < 4.78 is 58.0. The van der Waals surface area contributed by atoms with E-state index in [0.29, 0.717) is 22.3 Å². The first-order valence-electron chi connectivity index (χ1n) is 8.60. The average molecular weight is 437 g/mol. The van der Waals surface area contributed by atoms with Gasteiger partial charge < -0.3 is 24.5 Å². The van der Waals surface area contributed by atoms with Crippen molar-refractivity contribution in [1.29, 1.82) is 0 Å². The molecule has 0 fully saturated rings. The lowest BCUT2D eigenvalue weighted by atomic mass is 10.1. The van der Waals surface area contributed by atoms with Gasteiger partial charge in [-0.05, 0) is 35.9 Å². The Morgan fingerprint density at radius 3 is 2.57 bits per heavy atom. The van der Waals surface area contributed by atoms with Gasteiger partial charge in [-0.1, -0.05) is 18.2 Å². The lowest BCUT2D eigenvalue weighted by Crippen LogP contribution is -2.10. The van der Waals surface area contributed by atoms with E-state index < -0.39 is 19.3 Å². The number of benzene rings is 2. The molecule has 0 saturated carbocycles. The van der Waals surface area contributed by atoms with Crippen LogP contribution >= 0.6 is 7.60 Å². The molecule has 0 atom stereocenters. The average Bonchev–Trinajstić information content (AvgIpc) is 3.27. The summed E-state index contributed by atoms with van der Waals surface area (Å²) in [5, 5.41) is -0.373. The molecule has 7 nitrogen and oxygen atoms in total. The van der Waals surface area contributed by atoms with Crippen LogP contribution in [0.25, 0.3) is 22.6 Å². The summed E-state index contributed by atoms with van der Waals surface area (Å²) in [5.74, 6) is -0.130. The Morgan fingerprint density at radius 2 is 1.87 bits per heavy atom. The van der Waals surface area contributed by atoms with E-state index in [4.69, 9.17) is 10.2 Å². The zero-order chi connectivity index (χ0) is 21.7. The Balaban J connectivity index is 1.92. The molecule has 30 heavy (non-hydrogen) atoms. The van der Waals surface area contributed by atoms with Crippen molar-refractivity contribution in [1.82, 2.24) is 9.55 Å². The fourth-order valence-corrected chi connectivity index (χ4v) is 3.90. The van der Waals surface area contributed by atoms with Crippen LogP contribution in [0.15, 0.2) is 59.2 Å². The highest BCUT2D eigenvalue weighted by atomic mass is 31.2. The number of hydrogen-bond donors (Lipinski definition) is 3. The van der Waals surface area contributed by atoms with E-state index in [1.165, 1.54) is 16.7 Å². The van der Waals surface area contributed by atoms with E-state index in [0.717, 1.165) is 24.5 Å². The number of furan rings is 1. The first-order valence-corrected chi connectivity index (χ1v) is 10.2. The molecular formula is C19H15F3N3O4P. The van der Waals surface area contributed by atoms with Gasteiger partial charge in [0, 0.05) is 6.54 Å². The van der Waals surface area contributed by atoms with Crippen molar-refractivity contribution < 1.29 is 31.9 Å². The maximum atomic E-state index is 13.1. The van der Waals surface area contributed by atoms with Crippen molar-refractivity contribution in [2.45, 2.75) is 12.7 Å². The summed E-state index contributed by atoms with van der Waals surface area (Å²) in [4.78, 5) is 23.6. The van der Waals surface area contributed by atoms with Crippen molar-refractivity contribution in [3.8, 4) is 11.6 Å². The zero-order valence-corrected chi connectivity index (χ0v) is 16.1. The van der Waals surface area contributed by atoms with Crippen LogP contribution in [-0.2, 0) is 17.3 Å². The minimum atomic E-state index is -4.69. The van der Waals surface area contributed by atoms with Crippen LogP contribution in [0.3, 0.4) is 0 Å². The SMILES string of the molecule is Nc1cccc2c1nc(-c1occc1P(=O)(O)O)n2Cc1cccc(C(F)(F)F)c1. The Kier molecular flexibility index (Phi) is 4.73. The monoisotopic (exact) mass is 437 g/mol. The van der Waals surface area contributed by atoms with Gasteiger partial charge in [0.1, 0.15) is 10.8 Å². The Morgan fingerprint density at radius 1 is 1.13 bits per heavy atom. The number of hydrogen-bond acceptors (Lipinski definition) is 4. The minimum absolute atomic E-state index is 0.0450. The number of nitrogens with two attached hydrogens (primary N) is 1. The molecule has 0 aliphatic rings. The van der Waals surface area contributed by atoms with Gasteiger partial charge in [-0.25, -0.2) is 4.98 Å². The number of imidazole rings is 1. The maximum Gasteiger partial charge on any atom is 0.416 e. The Hall–Kier alpha value is -3.07. The van der Waals surface area contributed by atoms with Crippen molar-refractivity contribution in [2.24, 2.45) is 0 Å². The highest BCUT2D eigenvalue weighted by Gasteiger charge is 2.31. The molecular weight excluding hydrogens is 422 g/mol. The highest BCUT2D eigenvalue weighted by Crippen LogP contribution is 2.39. The number of anilines is 1. The van der Waals surface area contributed by atoms with E-state index in [1.54, 1.807) is 18.2 Å². The minimum Gasteiger partial charge on any atom is -0.460 e. The zero-order valence-electron chi connectivity index (χ0n) is 15.2. The van der Waals surface area contributed by atoms with Crippen molar-refractivity contribution >= 4 is 29.6 Å². The van der Waals surface area contributed by atoms with Gasteiger partial charge >= 0.3 is 13.8 Å². The molecule has 4 N–H and O–H groups in total. The first-order chi connectivity index (χ1) is 14.1. The lowest BCUT2D eigenvalue weighted by molar-refractivity contribution is -0.137. The van der Waals surface area contributed by atoms with Crippen LogP contribution in [0.5, 0.6) is 0 Å². The first kappa shape index (κ1) is 20.2. The fraction of sp³-hybridized carbons (Fsp3) is 0.105. The molecule has 4 rings (SSSR count). The van der Waals surface area contributed by atoms with Gasteiger partial charge in [0.25, 0.3) is 0 Å². The maximum absolute atomic E-state index is 13.1. The number of fused-ring (bicyclic) bond motifs is 1. The van der Waals surface area contributed by atoms with E-state index in [-0.39, 0.29) is 23.4 Å².